The molecule has 2 aliphatic rings. The Morgan fingerprint density at radius 2 is 2.15 bits per heavy atom. The number of hydrogen-bond donors (Lipinski definition) is 0. The Labute approximate surface area is 146 Å². The number of alkyl halides is 3. The van der Waals surface area contributed by atoms with Crippen molar-refractivity contribution in [2.75, 3.05) is 24.6 Å². The van der Waals surface area contributed by atoms with Crippen LogP contribution in [0.5, 0.6) is 0 Å². The maximum absolute atomic E-state index is 13.8. The molecule has 2 aromatic heterocycles. The normalized spacial score (nSPS) is 27.3. The van der Waals surface area contributed by atoms with E-state index in [9.17, 15) is 18.0 Å². The van der Waals surface area contributed by atoms with Gasteiger partial charge in [0, 0.05) is 13.1 Å². The van der Waals surface area contributed by atoms with E-state index in [0.717, 1.165) is 0 Å². The van der Waals surface area contributed by atoms with Crippen LogP contribution in [0.3, 0.4) is 0 Å². The van der Waals surface area contributed by atoms with Gasteiger partial charge < -0.3 is 9.64 Å². The van der Waals surface area contributed by atoms with Crippen LogP contribution in [0, 0.1) is 22.2 Å². The third-order valence-corrected chi connectivity index (χ3v) is 5.51. The fourth-order valence-corrected chi connectivity index (χ4v) is 4.18. The van der Waals surface area contributed by atoms with Gasteiger partial charge in [0.25, 0.3) is 0 Å². The fraction of sp³-hybridized carbons (Fsp3) is 0.471. The summed E-state index contributed by atoms with van der Waals surface area (Å²) in [5, 5.41) is 13.2. The summed E-state index contributed by atoms with van der Waals surface area (Å²) in [6.45, 7) is 1.23. The van der Waals surface area contributed by atoms with Crippen LogP contribution in [0.4, 0.5) is 18.9 Å². The molecule has 1 saturated heterocycles. The highest BCUT2D eigenvalue weighted by Gasteiger charge is 2.87. The number of aromatic nitrogens is 2. The third-order valence-electron chi connectivity index (χ3n) is 5.51. The molecule has 2 fully saturated rings. The van der Waals surface area contributed by atoms with Crippen LogP contribution in [-0.4, -0.2) is 41.5 Å². The second-order valence-corrected chi connectivity index (χ2v) is 6.76. The van der Waals surface area contributed by atoms with Gasteiger partial charge in [-0.2, -0.15) is 23.5 Å². The van der Waals surface area contributed by atoms with E-state index in [1.807, 2.05) is 6.07 Å². The summed E-state index contributed by atoms with van der Waals surface area (Å²) in [6.07, 6.45) is -3.26. The van der Waals surface area contributed by atoms with Crippen LogP contribution < -0.4 is 4.90 Å². The average molecular weight is 364 g/mol. The Bertz CT molecular complexity index is 948. The number of ether oxygens (including phenoxy) is 1. The Morgan fingerprint density at radius 1 is 1.38 bits per heavy atom. The van der Waals surface area contributed by atoms with Crippen molar-refractivity contribution in [3.8, 4) is 6.07 Å². The highest BCUT2D eigenvalue weighted by Crippen LogP contribution is 2.75. The molecule has 0 amide bonds. The molecule has 0 unspecified atom stereocenters. The van der Waals surface area contributed by atoms with Gasteiger partial charge >= 0.3 is 12.1 Å². The van der Waals surface area contributed by atoms with Crippen LogP contribution in [-0.2, 0) is 9.53 Å². The number of hydrogen-bond acceptors (Lipinski definition) is 5. The molecule has 136 valence electrons. The van der Waals surface area contributed by atoms with E-state index in [4.69, 9.17) is 10.00 Å². The molecule has 9 heteroatoms. The maximum Gasteiger partial charge on any atom is 0.397 e. The zero-order valence-electron chi connectivity index (χ0n) is 13.9. The molecule has 26 heavy (non-hydrogen) atoms. The van der Waals surface area contributed by atoms with E-state index in [2.05, 4.69) is 5.10 Å². The zero-order valence-corrected chi connectivity index (χ0v) is 13.9. The number of nitrogens with zero attached hydrogens (tertiary/aromatic N) is 4. The molecule has 3 heterocycles. The van der Waals surface area contributed by atoms with Crippen molar-refractivity contribution in [1.29, 1.82) is 5.26 Å². The number of pyridine rings is 1. The molecule has 0 aromatic carbocycles. The monoisotopic (exact) mass is 364 g/mol. The number of fused-ring (bicyclic) bond motifs is 2. The lowest BCUT2D eigenvalue weighted by Gasteiger charge is -2.24. The van der Waals surface area contributed by atoms with Gasteiger partial charge in [-0.1, -0.05) is 0 Å². The molecular formula is C17H15F3N4O2. The number of halogens is 3. The first-order chi connectivity index (χ1) is 12.3. The molecule has 0 radical (unpaired) electrons. The van der Waals surface area contributed by atoms with Gasteiger partial charge in [-0.05, 0) is 31.5 Å². The molecule has 4 rings (SSSR count). The van der Waals surface area contributed by atoms with Gasteiger partial charge in [0.1, 0.15) is 22.6 Å². The minimum absolute atomic E-state index is 0.0399. The first kappa shape index (κ1) is 16.7. The Balaban J connectivity index is 1.77. The van der Waals surface area contributed by atoms with Crippen LogP contribution >= 0.6 is 0 Å². The number of rotatable bonds is 3. The molecule has 2 aromatic rings. The van der Waals surface area contributed by atoms with Gasteiger partial charge in [-0.3, -0.25) is 4.79 Å². The number of piperidine rings is 1. The minimum Gasteiger partial charge on any atom is -0.465 e. The molecule has 6 nitrogen and oxygen atoms in total. The van der Waals surface area contributed by atoms with Crippen LogP contribution in [0.25, 0.3) is 5.52 Å². The molecule has 0 spiro atoms. The Kier molecular flexibility index (Phi) is 3.29. The molecular weight excluding hydrogens is 349 g/mol. The van der Waals surface area contributed by atoms with Crippen LogP contribution in [0.2, 0.25) is 0 Å². The lowest BCUT2D eigenvalue weighted by atomic mass is 9.96. The van der Waals surface area contributed by atoms with Gasteiger partial charge in [0.05, 0.1) is 24.0 Å². The quantitative estimate of drug-likeness (QED) is 0.783. The number of nitriles is 1. The number of carbonyl (C=O) groups excluding carboxylic acids is 1. The largest absolute Gasteiger partial charge is 0.465 e. The van der Waals surface area contributed by atoms with Crippen molar-refractivity contribution in [3.05, 3.63) is 30.1 Å². The lowest BCUT2D eigenvalue weighted by molar-refractivity contribution is -0.195. The number of esters is 1. The zero-order chi connectivity index (χ0) is 18.7. The third kappa shape index (κ3) is 1.92. The van der Waals surface area contributed by atoms with Gasteiger partial charge in [0.2, 0.25) is 0 Å². The highest BCUT2D eigenvalue weighted by atomic mass is 19.4. The fourth-order valence-electron chi connectivity index (χ4n) is 4.18. The minimum atomic E-state index is -4.50. The number of carbonyl (C=O) groups is 1. The van der Waals surface area contributed by atoms with Crippen molar-refractivity contribution in [3.63, 3.8) is 0 Å². The number of anilines is 1. The SMILES string of the molecule is CCOC(=O)[C@@]12CN(c3ccc(C#N)n4nccc34)C[C@]1(C(F)(F)F)C2. The summed E-state index contributed by atoms with van der Waals surface area (Å²) in [4.78, 5) is 13.9. The second kappa shape index (κ2) is 5.13. The standard InChI is InChI=1S/C17H15F3N4O2/c1-2-26-14(25)15-8-16(15,17(18,19)20)10-23(9-15)12-4-3-11(7-21)24-13(12)5-6-22-24/h3-6H,2,8-10H2,1H3/t15-,16-/m1/s1. The summed E-state index contributed by atoms with van der Waals surface area (Å²) < 4.78 is 47.7. The van der Waals surface area contributed by atoms with Gasteiger partial charge in [-0.25, -0.2) is 4.52 Å². The molecule has 1 saturated carbocycles. The van der Waals surface area contributed by atoms with Crippen molar-refractivity contribution >= 4 is 17.2 Å². The van der Waals surface area contributed by atoms with Gasteiger partial charge in [-0.15, -0.1) is 0 Å². The summed E-state index contributed by atoms with van der Waals surface area (Å²) in [5.74, 6) is -0.794. The summed E-state index contributed by atoms with van der Waals surface area (Å²) >= 11 is 0. The lowest BCUT2D eigenvalue weighted by Crippen LogP contribution is -2.35. The second-order valence-electron chi connectivity index (χ2n) is 6.76. The van der Waals surface area contributed by atoms with Gasteiger partial charge in [0.15, 0.2) is 0 Å². The Hall–Kier alpha value is -2.76. The predicted molar refractivity (Wildman–Crippen MR) is 84.3 cm³/mol. The topological polar surface area (TPSA) is 70.6 Å². The average Bonchev–Trinajstić information content (AvgIpc) is 2.94. The molecule has 2 atom stereocenters. The first-order valence-corrected chi connectivity index (χ1v) is 8.15. The van der Waals surface area contributed by atoms with E-state index < -0.39 is 23.0 Å². The molecule has 1 aliphatic heterocycles. The van der Waals surface area contributed by atoms with E-state index >= 15 is 0 Å². The van der Waals surface area contributed by atoms with E-state index in [0.29, 0.717) is 11.2 Å². The molecule has 1 aliphatic carbocycles. The van der Waals surface area contributed by atoms with Crippen molar-refractivity contribution in [2.24, 2.45) is 10.8 Å². The first-order valence-electron chi connectivity index (χ1n) is 8.15. The van der Waals surface area contributed by atoms with Crippen LogP contribution in [0.1, 0.15) is 19.0 Å². The molecule has 0 bridgehead atoms. The maximum atomic E-state index is 13.8. The van der Waals surface area contributed by atoms with E-state index in [-0.39, 0.29) is 31.8 Å². The smallest absolute Gasteiger partial charge is 0.397 e. The predicted octanol–water partition coefficient (Wildman–Crippen LogP) is 2.53. The summed E-state index contributed by atoms with van der Waals surface area (Å²) in [6, 6.07) is 6.74. The van der Waals surface area contributed by atoms with Crippen LogP contribution in [0.15, 0.2) is 24.4 Å². The Morgan fingerprint density at radius 3 is 2.81 bits per heavy atom. The van der Waals surface area contributed by atoms with Crippen molar-refractivity contribution in [1.82, 2.24) is 9.61 Å². The van der Waals surface area contributed by atoms with Crippen molar-refractivity contribution in [2.45, 2.75) is 19.5 Å². The highest BCUT2D eigenvalue weighted by molar-refractivity contribution is 5.86. The summed E-state index contributed by atoms with van der Waals surface area (Å²) in [7, 11) is 0. The summed E-state index contributed by atoms with van der Waals surface area (Å²) in [5.41, 5.74) is -2.32. The van der Waals surface area contributed by atoms with Crippen molar-refractivity contribution < 1.29 is 22.7 Å². The van der Waals surface area contributed by atoms with E-state index in [1.165, 1.54) is 16.8 Å². The van der Waals surface area contributed by atoms with E-state index in [1.54, 1.807) is 24.0 Å². The molecule has 0 N–H and O–H groups in total.